The van der Waals surface area contributed by atoms with Crippen LogP contribution >= 0.6 is 0 Å². The summed E-state index contributed by atoms with van der Waals surface area (Å²) in [5.74, 6) is 1.24. The predicted octanol–water partition coefficient (Wildman–Crippen LogP) is 12.9. The minimum absolute atomic E-state index is 0.249. The van der Waals surface area contributed by atoms with Gasteiger partial charge in [0.25, 0.3) is 0 Å². The number of hydrogen-bond donors (Lipinski definition) is 2. The molecule has 12 rings (SSSR count). The molecule has 2 aromatic heterocycles. The zero-order valence-corrected chi connectivity index (χ0v) is 31.6. The molecule has 0 amide bonds. The summed E-state index contributed by atoms with van der Waals surface area (Å²) in [7, 11) is 0. The van der Waals surface area contributed by atoms with Crippen LogP contribution in [-0.4, -0.2) is 10.4 Å². The highest BCUT2D eigenvalue weighted by Crippen LogP contribution is 2.40. The molecule has 276 valence electrons. The summed E-state index contributed by atoms with van der Waals surface area (Å²) in [4.78, 5) is 5.33. The topological polar surface area (TPSA) is 54.5 Å². The second-order valence-electron chi connectivity index (χ2n) is 15.6. The van der Waals surface area contributed by atoms with Crippen LogP contribution in [0, 0.1) is 0 Å². The van der Waals surface area contributed by atoms with Gasteiger partial charge in [-0.1, -0.05) is 133 Å². The molecule has 3 unspecified atom stereocenters. The van der Waals surface area contributed by atoms with E-state index in [9.17, 15) is 0 Å². The summed E-state index contributed by atoms with van der Waals surface area (Å²) in [6, 6.07) is 59.0. The Labute approximate surface area is 335 Å². The van der Waals surface area contributed by atoms with Crippen LogP contribution in [0.5, 0.6) is 0 Å². The molecule has 0 spiro atoms. The molecule has 0 saturated heterocycles. The Balaban J connectivity index is 0.975. The average Bonchev–Trinajstić information content (AvgIpc) is 3.84. The molecule has 1 aliphatic heterocycles. The maximum atomic E-state index is 6.75. The van der Waals surface area contributed by atoms with Gasteiger partial charge in [0.15, 0.2) is 0 Å². The van der Waals surface area contributed by atoms with Crippen LogP contribution in [0.4, 0.5) is 0 Å². The number of hydrogen-bond acceptors (Lipinski definition) is 4. The van der Waals surface area contributed by atoms with Gasteiger partial charge in [-0.3, -0.25) is 5.32 Å². The quantitative estimate of drug-likeness (QED) is 0.184. The number of aliphatic imine (C=N–C) groups is 1. The van der Waals surface area contributed by atoms with Gasteiger partial charge in [-0.2, -0.15) is 0 Å². The highest BCUT2D eigenvalue weighted by atomic mass is 16.3. The predicted molar refractivity (Wildman–Crippen MR) is 240 cm³/mol. The van der Waals surface area contributed by atoms with E-state index in [1.54, 1.807) is 0 Å². The summed E-state index contributed by atoms with van der Waals surface area (Å²) in [6.07, 6.45) is 9.37. The van der Waals surface area contributed by atoms with E-state index in [0.717, 1.165) is 56.6 Å². The Hall–Kier alpha value is -7.21. The van der Waals surface area contributed by atoms with Crippen molar-refractivity contribution in [1.29, 1.82) is 0 Å². The number of rotatable bonds is 5. The van der Waals surface area contributed by atoms with Gasteiger partial charge in [0.1, 0.15) is 29.3 Å². The monoisotopic (exact) mass is 746 g/mol. The van der Waals surface area contributed by atoms with Gasteiger partial charge in [-0.25, -0.2) is 4.99 Å². The van der Waals surface area contributed by atoms with E-state index in [1.165, 1.54) is 48.9 Å². The third-order valence-corrected chi connectivity index (χ3v) is 12.2. The number of nitrogens with one attached hydrogen (secondary N) is 2. The molecule has 5 nitrogen and oxygen atoms in total. The first-order valence-electron chi connectivity index (χ1n) is 20.1. The minimum Gasteiger partial charge on any atom is -0.456 e. The number of amidine groups is 1. The number of para-hydroxylation sites is 1. The fraction of sp³-hybridized carbons (Fsp3) is 0.0755. The molecule has 0 radical (unpaired) electrons. The van der Waals surface area contributed by atoms with Gasteiger partial charge in [-0.05, 0) is 87.6 Å². The standard InChI is InChI=1S/C53H38N4O/c1-2-11-33(12-3-1)38-25-28-47-45(31-38)42-17-8-9-19-46(42)57(47)41-26-27-43-49(32-41)58-48-20-10-18-44(50(43)48)53-55-51(39-23-21-34-13-4-6-15-36(34)29-39)54-52(56-53)40-24-22-35-14-5-7-16-37(35)30-40/h1-11,13-33,51,53,55H,12H2,(H,54,56). The van der Waals surface area contributed by atoms with Crippen LogP contribution in [-0.2, 0) is 0 Å². The number of aromatic nitrogens is 1. The fourth-order valence-corrected chi connectivity index (χ4v) is 9.30. The lowest BCUT2D eigenvalue weighted by Gasteiger charge is -2.32. The number of nitrogens with zero attached hydrogens (tertiary/aromatic N) is 2. The second kappa shape index (κ2) is 13.2. The normalized spacial score (nSPS) is 18.1. The Morgan fingerprint density at radius 2 is 1.34 bits per heavy atom. The first kappa shape index (κ1) is 33.0. The van der Waals surface area contributed by atoms with Crippen molar-refractivity contribution in [3.8, 4) is 5.69 Å². The van der Waals surface area contributed by atoms with Crippen molar-refractivity contribution in [3.05, 3.63) is 210 Å². The summed E-state index contributed by atoms with van der Waals surface area (Å²) in [5.41, 5.74) is 9.77. The van der Waals surface area contributed by atoms with Gasteiger partial charge < -0.3 is 14.3 Å². The smallest absolute Gasteiger partial charge is 0.137 e. The maximum absolute atomic E-state index is 6.75. The third kappa shape index (κ3) is 5.39. The summed E-state index contributed by atoms with van der Waals surface area (Å²) in [5, 5.41) is 17.2. The molecule has 1 aliphatic carbocycles. The first-order chi connectivity index (χ1) is 28.7. The van der Waals surface area contributed by atoms with Crippen LogP contribution in [0.15, 0.2) is 198 Å². The molecule has 0 bridgehead atoms. The molecule has 3 atom stereocenters. The lowest BCUT2D eigenvalue weighted by molar-refractivity contribution is 0.411. The molecule has 0 fully saturated rings. The van der Waals surface area contributed by atoms with Crippen LogP contribution in [0.3, 0.4) is 0 Å². The lowest BCUT2D eigenvalue weighted by atomic mass is 9.91. The van der Waals surface area contributed by atoms with Gasteiger partial charge in [-0.15, -0.1) is 0 Å². The van der Waals surface area contributed by atoms with Gasteiger partial charge in [0.2, 0.25) is 0 Å². The van der Waals surface area contributed by atoms with Crippen molar-refractivity contribution >= 4 is 71.1 Å². The highest BCUT2D eigenvalue weighted by molar-refractivity contribution is 6.11. The van der Waals surface area contributed by atoms with E-state index in [-0.39, 0.29) is 12.3 Å². The number of furan rings is 1. The van der Waals surface area contributed by atoms with Crippen molar-refractivity contribution < 1.29 is 4.42 Å². The molecule has 58 heavy (non-hydrogen) atoms. The fourth-order valence-electron chi connectivity index (χ4n) is 9.30. The van der Waals surface area contributed by atoms with Crippen LogP contribution in [0.2, 0.25) is 0 Å². The third-order valence-electron chi connectivity index (χ3n) is 12.2. The molecule has 3 heterocycles. The van der Waals surface area contributed by atoms with Gasteiger partial charge in [0.05, 0.1) is 11.0 Å². The number of fused-ring (bicyclic) bond motifs is 8. The molecular weight excluding hydrogens is 709 g/mol. The minimum atomic E-state index is -0.279. The van der Waals surface area contributed by atoms with Gasteiger partial charge >= 0.3 is 0 Å². The molecule has 2 aliphatic rings. The second-order valence-corrected chi connectivity index (χ2v) is 15.6. The van der Waals surface area contributed by atoms with E-state index in [1.807, 2.05) is 0 Å². The van der Waals surface area contributed by atoms with Gasteiger partial charge in [0, 0.05) is 50.3 Å². The summed E-state index contributed by atoms with van der Waals surface area (Å²) < 4.78 is 9.13. The van der Waals surface area contributed by atoms with E-state index in [2.05, 4.69) is 203 Å². The van der Waals surface area contributed by atoms with Crippen molar-refractivity contribution in [3.63, 3.8) is 0 Å². The molecule has 5 heteroatoms. The van der Waals surface area contributed by atoms with E-state index >= 15 is 0 Å². The SMILES string of the molecule is C1=CCC(c2ccc3c(c2)c2ccccc2n3-c2ccc3c(c2)oc2cccc(C4NC(c5ccc6ccccc6c5)=NC(c5ccc6ccccc6c5)N4)c23)C=C1. The van der Waals surface area contributed by atoms with Crippen LogP contribution in [0.1, 0.15) is 46.9 Å². The maximum Gasteiger partial charge on any atom is 0.137 e. The highest BCUT2D eigenvalue weighted by Gasteiger charge is 2.28. The summed E-state index contributed by atoms with van der Waals surface area (Å²) >= 11 is 0. The van der Waals surface area contributed by atoms with E-state index in [4.69, 9.17) is 9.41 Å². The average molecular weight is 747 g/mol. The Morgan fingerprint density at radius 1 is 0.569 bits per heavy atom. The number of benzene rings is 8. The summed E-state index contributed by atoms with van der Waals surface area (Å²) in [6.45, 7) is 0. The van der Waals surface area contributed by atoms with Crippen LogP contribution < -0.4 is 10.6 Å². The largest absolute Gasteiger partial charge is 0.456 e. The van der Waals surface area contributed by atoms with E-state index in [0.29, 0.717) is 5.92 Å². The Bertz CT molecular complexity index is 3360. The zero-order valence-electron chi connectivity index (χ0n) is 31.6. The lowest BCUT2D eigenvalue weighted by Crippen LogP contribution is -2.45. The van der Waals surface area contributed by atoms with Crippen molar-refractivity contribution in [2.45, 2.75) is 24.7 Å². The molecule has 10 aromatic rings. The van der Waals surface area contributed by atoms with E-state index < -0.39 is 0 Å². The number of allylic oxidation sites excluding steroid dienone is 4. The Kier molecular flexibility index (Phi) is 7.50. The molecule has 0 saturated carbocycles. The molecule has 8 aromatic carbocycles. The van der Waals surface area contributed by atoms with Crippen molar-refractivity contribution in [1.82, 2.24) is 15.2 Å². The van der Waals surface area contributed by atoms with Crippen molar-refractivity contribution in [2.24, 2.45) is 4.99 Å². The molecule has 2 N–H and O–H groups in total. The zero-order chi connectivity index (χ0) is 38.2. The van der Waals surface area contributed by atoms with Crippen molar-refractivity contribution in [2.75, 3.05) is 0 Å². The first-order valence-corrected chi connectivity index (χ1v) is 20.1. The van der Waals surface area contributed by atoms with Crippen LogP contribution in [0.25, 0.3) is 71.0 Å². The molecular formula is C53H38N4O. The Morgan fingerprint density at radius 3 is 2.21 bits per heavy atom.